The Balaban J connectivity index is 2.75. The van der Waals surface area contributed by atoms with Gasteiger partial charge >= 0.3 is 0 Å². The standard InChI is InChI=1S/C12H16N2/c1-12(2,13)11-8-9-6-4-5-7-10(9)14(11)3/h4-8H,13H2,1-3H3. The van der Waals surface area contributed by atoms with Gasteiger partial charge in [-0.1, -0.05) is 18.2 Å². The summed E-state index contributed by atoms with van der Waals surface area (Å²) in [6.45, 7) is 4.06. The predicted octanol–water partition coefficient (Wildman–Crippen LogP) is 2.37. The molecule has 0 saturated heterocycles. The first-order valence-electron chi connectivity index (χ1n) is 4.84. The summed E-state index contributed by atoms with van der Waals surface area (Å²) >= 11 is 0. The van der Waals surface area contributed by atoms with Crippen molar-refractivity contribution in [3.63, 3.8) is 0 Å². The zero-order valence-electron chi connectivity index (χ0n) is 8.91. The fourth-order valence-corrected chi connectivity index (χ4v) is 1.91. The van der Waals surface area contributed by atoms with Crippen molar-refractivity contribution in [2.24, 2.45) is 12.8 Å². The van der Waals surface area contributed by atoms with Gasteiger partial charge in [-0.3, -0.25) is 0 Å². The molecule has 0 aliphatic heterocycles. The summed E-state index contributed by atoms with van der Waals surface area (Å²) in [7, 11) is 2.06. The SMILES string of the molecule is Cn1c(C(C)(C)N)cc2ccccc21. The molecule has 0 atom stereocenters. The van der Waals surface area contributed by atoms with Crippen LogP contribution in [0.2, 0.25) is 0 Å². The van der Waals surface area contributed by atoms with Gasteiger partial charge in [-0.15, -0.1) is 0 Å². The second-order valence-corrected chi connectivity index (χ2v) is 4.37. The lowest BCUT2D eigenvalue weighted by Gasteiger charge is -2.19. The monoisotopic (exact) mass is 188 g/mol. The Bertz CT molecular complexity index is 461. The lowest BCUT2D eigenvalue weighted by molar-refractivity contribution is 0.516. The molecule has 0 saturated carbocycles. The molecule has 1 heterocycles. The molecule has 0 unspecified atom stereocenters. The molecule has 1 aromatic carbocycles. The van der Waals surface area contributed by atoms with Crippen molar-refractivity contribution in [3.05, 3.63) is 36.0 Å². The third-order valence-electron chi connectivity index (χ3n) is 2.61. The van der Waals surface area contributed by atoms with Gasteiger partial charge in [0.05, 0.1) is 5.54 Å². The number of para-hydroxylation sites is 1. The molecule has 2 N–H and O–H groups in total. The molecule has 0 amide bonds. The summed E-state index contributed by atoms with van der Waals surface area (Å²) in [5, 5.41) is 1.25. The zero-order valence-corrected chi connectivity index (χ0v) is 8.91. The van der Waals surface area contributed by atoms with Gasteiger partial charge in [0.2, 0.25) is 0 Å². The van der Waals surface area contributed by atoms with E-state index in [9.17, 15) is 0 Å². The first-order valence-corrected chi connectivity index (χ1v) is 4.84. The molecule has 0 radical (unpaired) electrons. The summed E-state index contributed by atoms with van der Waals surface area (Å²) in [5.41, 5.74) is 8.22. The summed E-state index contributed by atoms with van der Waals surface area (Å²) in [5.74, 6) is 0. The van der Waals surface area contributed by atoms with E-state index in [-0.39, 0.29) is 5.54 Å². The van der Waals surface area contributed by atoms with Crippen molar-refractivity contribution in [2.75, 3.05) is 0 Å². The smallest absolute Gasteiger partial charge is 0.0506 e. The highest BCUT2D eigenvalue weighted by Gasteiger charge is 2.18. The van der Waals surface area contributed by atoms with Crippen molar-refractivity contribution < 1.29 is 0 Å². The van der Waals surface area contributed by atoms with Crippen LogP contribution in [0.5, 0.6) is 0 Å². The summed E-state index contributed by atoms with van der Waals surface area (Å²) in [6, 6.07) is 10.5. The minimum absolute atomic E-state index is 0.284. The first-order chi connectivity index (χ1) is 6.50. The van der Waals surface area contributed by atoms with Crippen LogP contribution in [0, 0.1) is 0 Å². The molecule has 2 nitrogen and oxygen atoms in total. The van der Waals surface area contributed by atoms with E-state index in [1.165, 1.54) is 16.6 Å². The molecular weight excluding hydrogens is 172 g/mol. The van der Waals surface area contributed by atoms with E-state index in [1.807, 2.05) is 13.8 Å². The number of rotatable bonds is 1. The van der Waals surface area contributed by atoms with Crippen LogP contribution in [0.25, 0.3) is 10.9 Å². The number of aromatic nitrogens is 1. The van der Waals surface area contributed by atoms with Gasteiger partial charge in [0, 0.05) is 18.3 Å². The highest BCUT2D eigenvalue weighted by Crippen LogP contribution is 2.24. The molecule has 0 aliphatic carbocycles. The van der Waals surface area contributed by atoms with Crippen molar-refractivity contribution in [1.29, 1.82) is 0 Å². The lowest BCUT2D eigenvalue weighted by atomic mass is 10.0. The minimum Gasteiger partial charge on any atom is -0.346 e. The quantitative estimate of drug-likeness (QED) is 0.731. The van der Waals surface area contributed by atoms with Crippen LogP contribution in [0.15, 0.2) is 30.3 Å². The number of nitrogens with zero attached hydrogens (tertiary/aromatic N) is 1. The van der Waals surface area contributed by atoms with Crippen LogP contribution in [-0.2, 0) is 12.6 Å². The van der Waals surface area contributed by atoms with Gasteiger partial charge in [-0.05, 0) is 31.4 Å². The fraction of sp³-hybridized carbons (Fsp3) is 0.333. The highest BCUT2D eigenvalue weighted by molar-refractivity contribution is 5.81. The molecule has 2 heteroatoms. The maximum absolute atomic E-state index is 6.10. The van der Waals surface area contributed by atoms with Crippen molar-refractivity contribution >= 4 is 10.9 Å². The van der Waals surface area contributed by atoms with Gasteiger partial charge < -0.3 is 10.3 Å². The second kappa shape index (κ2) is 2.85. The number of hydrogen-bond donors (Lipinski definition) is 1. The molecule has 0 bridgehead atoms. The largest absolute Gasteiger partial charge is 0.346 e. The van der Waals surface area contributed by atoms with E-state index < -0.39 is 0 Å². The molecule has 2 rings (SSSR count). The second-order valence-electron chi connectivity index (χ2n) is 4.37. The topological polar surface area (TPSA) is 30.9 Å². The zero-order chi connectivity index (χ0) is 10.3. The highest BCUT2D eigenvalue weighted by atomic mass is 15.0. The molecule has 0 fully saturated rings. The van der Waals surface area contributed by atoms with Crippen LogP contribution in [0.4, 0.5) is 0 Å². The van der Waals surface area contributed by atoms with Gasteiger partial charge in [0.1, 0.15) is 0 Å². The van der Waals surface area contributed by atoms with Crippen LogP contribution in [0.1, 0.15) is 19.5 Å². The number of nitrogens with two attached hydrogens (primary N) is 1. The van der Waals surface area contributed by atoms with Crippen molar-refractivity contribution in [2.45, 2.75) is 19.4 Å². The average molecular weight is 188 g/mol. The first kappa shape index (κ1) is 9.28. The van der Waals surface area contributed by atoms with Crippen LogP contribution >= 0.6 is 0 Å². The van der Waals surface area contributed by atoms with Crippen LogP contribution < -0.4 is 5.73 Å². The van der Waals surface area contributed by atoms with Crippen LogP contribution in [0.3, 0.4) is 0 Å². The number of fused-ring (bicyclic) bond motifs is 1. The fourth-order valence-electron chi connectivity index (χ4n) is 1.91. The summed E-state index contributed by atoms with van der Waals surface area (Å²) < 4.78 is 2.16. The van der Waals surface area contributed by atoms with E-state index in [1.54, 1.807) is 0 Å². The van der Waals surface area contributed by atoms with Gasteiger partial charge in [0.15, 0.2) is 0 Å². The molecule has 1 aromatic heterocycles. The normalized spacial score (nSPS) is 12.3. The Morgan fingerprint density at radius 2 is 1.86 bits per heavy atom. The van der Waals surface area contributed by atoms with Crippen molar-refractivity contribution in [1.82, 2.24) is 4.57 Å². The molecule has 74 valence electrons. The van der Waals surface area contributed by atoms with E-state index in [4.69, 9.17) is 5.73 Å². The number of benzene rings is 1. The Labute approximate surface area is 84.3 Å². The molecule has 0 aliphatic rings. The number of aryl methyl sites for hydroxylation is 1. The Morgan fingerprint density at radius 3 is 2.43 bits per heavy atom. The maximum atomic E-state index is 6.10. The third kappa shape index (κ3) is 1.32. The van der Waals surface area contributed by atoms with Gasteiger partial charge in [-0.2, -0.15) is 0 Å². The van der Waals surface area contributed by atoms with Crippen LogP contribution in [-0.4, -0.2) is 4.57 Å². The molecular formula is C12H16N2. The van der Waals surface area contributed by atoms with E-state index in [2.05, 4.69) is 41.9 Å². The number of hydrogen-bond acceptors (Lipinski definition) is 1. The molecule has 0 spiro atoms. The van der Waals surface area contributed by atoms with E-state index >= 15 is 0 Å². The predicted molar refractivity (Wildman–Crippen MR) is 60.1 cm³/mol. The Hall–Kier alpha value is -1.28. The molecule has 14 heavy (non-hydrogen) atoms. The van der Waals surface area contributed by atoms with Gasteiger partial charge in [-0.25, -0.2) is 0 Å². The van der Waals surface area contributed by atoms with Crippen molar-refractivity contribution in [3.8, 4) is 0 Å². The van der Waals surface area contributed by atoms with E-state index in [0.29, 0.717) is 0 Å². The molecule has 2 aromatic rings. The average Bonchev–Trinajstić information content (AvgIpc) is 2.44. The van der Waals surface area contributed by atoms with E-state index in [0.717, 1.165) is 0 Å². The summed E-state index contributed by atoms with van der Waals surface area (Å²) in [6.07, 6.45) is 0. The Morgan fingerprint density at radius 1 is 1.21 bits per heavy atom. The van der Waals surface area contributed by atoms with Gasteiger partial charge in [0.25, 0.3) is 0 Å². The maximum Gasteiger partial charge on any atom is 0.0506 e. The minimum atomic E-state index is -0.284. The lowest BCUT2D eigenvalue weighted by Crippen LogP contribution is -2.30. The Kier molecular flexibility index (Phi) is 1.89. The third-order valence-corrected chi connectivity index (χ3v) is 2.61. The summed E-state index contributed by atoms with van der Waals surface area (Å²) in [4.78, 5) is 0.